The van der Waals surface area contributed by atoms with Crippen molar-refractivity contribution < 1.29 is 4.42 Å². The molecule has 146 valence electrons. The van der Waals surface area contributed by atoms with Crippen LogP contribution in [0, 0.1) is 20.8 Å². The van der Waals surface area contributed by atoms with Crippen molar-refractivity contribution in [1.82, 2.24) is 24.7 Å². The zero-order chi connectivity index (χ0) is 20.0. The number of rotatable bonds is 5. The molecule has 0 amide bonds. The second kappa shape index (κ2) is 7.21. The van der Waals surface area contributed by atoms with Crippen LogP contribution >= 0.6 is 23.1 Å². The summed E-state index contributed by atoms with van der Waals surface area (Å²) in [7, 11) is 0. The molecular weight excluding hydrogens is 394 g/mol. The maximum atomic E-state index is 12.6. The van der Waals surface area contributed by atoms with E-state index in [1.807, 2.05) is 33.8 Å². The molecule has 4 heterocycles. The average Bonchev–Trinajstić information content (AvgIpc) is 3.33. The van der Waals surface area contributed by atoms with Crippen molar-refractivity contribution in [2.24, 2.45) is 0 Å². The van der Waals surface area contributed by atoms with E-state index >= 15 is 0 Å². The molecule has 0 saturated carbocycles. The Hall–Kier alpha value is -2.39. The average molecular weight is 416 g/mol. The lowest BCUT2D eigenvalue weighted by molar-refractivity contribution is 0.534. The Morgan fingerprint density at radius 3 is 2.79 bits per heavy atom. The number of thiophene rings is 1. The molecule has 1 N–H and O–H groups in total. The minimum absolute atomic E-state index is 0.0763. The number of H-pyrrole nitrogens is 1. The van der Waals surface area contributed by atoms with E-state index < -0.39 is 0 Å². The van der Waals surface area contributed by atoms with Crippen LogP contribution in [0.15, 0.2) is 26.7 Å². The Kier molecular flexibility index (Phi) is 4.88. The van der Waals surface area contributed by atoms with Crippen molar-refractivity contribution in [3.05, 3.63) is 44.7 Å². The molecule has 1 atom stereocenters. The molecule has 0 unspecified atom stereocenters. The molecule has 0 fully saturated rings. The summed E-state index contributed by atoms with van der Waals surface area (Å²) in [6, 6.07) is 1.90. The summed E-state index contributed by atoms with van der Waals surface area (Å²) in [5.41, 5.74) is 1.86. The smallest absolute Gasteiger partial charge is 0.259 e. The van der Waals surface area contributed by atoms with E-state index in [9.17, 15) is 4.79 Å². The third-order valence-electron chi connectivity index (χ3n) is 4.86. The van der Waals surface area contributed by atoms with E-state index in [4.69, 9.17) is 9.40 Å². The van der Waals surface area contributed by atoms with Crippen molar-refractivity contribution in [2.75, 3.05) is 0 Å². The standard InChI is InChI=1S/C19H21N5O2S2/c1-6-24-16(13-7-8-26-10(13)3)22-23-19(24)28-12(5)15-20-17(25)14-9(2)11(4)27-18(14)21-15/h7-8,12H,6H2,1-5H3,(H,20,21,25)/t12-/m1/s1. The van der Waals surface area contributed by atoms with Gasteiger partial charge in [0.2, 0.25) is 0 Å². The maximum Gasteiger partial charge on any atom is 0.259 e. The topological polar surface area (TPSA) is 89.6 Å². The van der Waals surface area contributed by atoms with E-state index in [2.05, 4.69) is 26.7 Å². The fourth-order valence-corrected chi connectivity index (χ4v) is 5.16. The Morgan fingerprint density at radius 1 is 1.32 bits per heavy atom. The third-order valence-corrected chi connectivity index (χ3v) is 7.05. The number of hydrogen-bond donors (Lipinski definition) is 1. The molecule has 28 heavy (non-hydrogen) atoms. The van der Waals surface area contributed by atoms with Gasteiger partial charge in [-0.15, -0.1) is 21.5 Å². The molecule has 4 aromatic rings. The zero-order valence-electron chi connectivity index (χ0n) is 16.4. The Labute approximate surface area is 170 Å². The van der Waals surface area contributed by atoms with Gasteiger partial charge in [0.05, 0.1) is 22.5 Å². The number of aromatic nitrogens is 5. The lowest BCUT2D eigenvalue weighted by Gasteiger charge is -2.11. The van der Waals surface area contributed by atoms with Gasteiger partial charge in [-0.1, -0.05) is 11.8 Å². The fraction of sp³-hybridized carbons (Fsp3) is 0.368. The number of nitrogens with zero attached hydrogens (tertiary/aromatic N) is 4. The van der Waals surface area contributed by atoms with Gasteiger partial charge in [-0.05, 0) is 46.2 Å². The van der Waals surface area contributed by atoms with E-state index in [0.717, 1.165) is 44.1 Å². The molecule has 0 bridgehead atoms. The van der Waals surface area contributed by atoms with Crippen LogP contribution in [-0.4, -0.2) is 24.7 Å². The van der Waals surface area contributed by atoms with Crippen molar-refractivity contribution in [3.8, 4) is 11.4 Å². The molecule has 7 nitrogen and oxygen atoms in total. The van der Waals surface area contributed by atoms with Gasteiger partial charge in [0.15, 0.2) is 11.0 Å². The molecule has 0 spiro atoms. The number of thioether (sulfide) groups is 1. The van der Waals surface area contributed by atoms with Crippen LogP contribution in [0.4, 0.5) is 0 Å². The zero-order valence-corrected chi connectivity index (χ0v) is 18.0. The van der Waals surface area contributed by atoms with Crippen LogP contribution in [0.25, 0.3) is 21.6 Å². The summed E-state index contributed by atoms with van der Waals surface area (Å²) < 4.78 is 7.46. The minimum atomic E-state index is -0.0824. The number of hydrogen-bond acceptors (Lipinski definition) is 7. The highest BCUT2D eigenvalue weighted by Gasteiger charge is 2.21. The Bertz CT molecular complexity index is 1220. The molecule has 0 aliphatic carbocycles. The first kappa shape index (κ1) is 18.9. The first-order valence-electron chi connectivity index (χ1n) is 9.05. The largest absolute Gasteiger partial charge is 0.469 e. The monoisotopic (exact) mass is 415 g/mol. The molecule has 0 aromatic carbocycles. The van der Waals surface area contributed by atoms with Gasteiger partial charge in [0, 0.05) is 11.4 Å². The molecule has 4 rings (SSSR count). The number of aryl methyl sites for hydroxylation is 3. The number of furan rings is 1. The molecule has 0 radical (unpaired) electrons. The predicted octanol–water partition coefficient (Wildman–Crippen LogP) is 4.63. The van der Waals surface area contributed by atoms with E-state index in [-0.39, 0.29) is 10.8 Å². The second-order valence-corrected chi connectivity index (χ2v) is 9.13. The van der Waals surface area contributed by atoms with Crippen LogP contribution in [0.3, 0.4) is 0 Å². The third kappa shape index (κ3) is 3.08. The van der Waals surface area contributed by atoms with Gasteiger partial charge in [-0.25, -0.2) is 4.98 Å². The summed E-state index contributed by atoms with van der Waals surface area (Å²) in [5, 5.41) is 10.1. The van der Waals surface area contributed by atoms with Crippen molar-refractivity contribution in [1.29, 1.82) is 0 Å². The van der Waals surface area contributed by atoms with Crippen molar-refractivity contribution in [2.45, 2.75) is 51.6 Å². The lowest BCUT2D eigenvalue weighted by atomic mass is 10.2. The second-order valence-electron chi connectivity index (χ2n) is 6.62. The summed E-state index contributed by atoms with van der Waals surface area (Å²) in [5.74, 6) is 2.24. The summed E-state index contributed by atoms with van der Waals surface area (Å²) >= 11 is 3.09. The highest BCUT2D eigenvalue weighted by atomic mass is 32.2. The van der Waals surface area contributed by atoms with Crippen LogP contribution in [-0.2, 0) is 6.54 Å². The SMILES string of the molecule is CCn1c(S[C@H](C)c2nc3sc(C)c(C)c3c(=O)[nH]2)nnc1-c1ccoc1C. The minimum Gasteiger partial charge on any atom is -0.469 e. The van der Waals surface area contributed by atoms with Crippen LogP contribution < -0.4 is 5.56 Å². The molecule has 9 heteroatoms. The van der Waals surface area contributed by atoms with Crippen molar-refractivity contribution in [3.63, 3.8) is 0 Å². The lowest BCUT2D eigenvalue weighted by Crippen LogP contribution is -2.12. The predicted molar refractivity (Wildman–Crippen MR) is 112 cm³/mol. The van der Waals surface area contributed by atoms with Gasteiger partial charge in [0.25, 0.3) is 5.56 Å². The van der Waals surface area contributed by atoms with E-state index in [1.54, 1.807) is 17.6 Å². The first-order chi connectivity index (χ1) is 13.4. The van der Waals surface area contributed by atoms with Gasteiger partial charge in [0.1, 0.15) is 16.4 Å². The molecular formula is C19H21N5O2S2. The normalized spacial score (nSPS) is 12.8. The quantitative estimate of drug-likeness (QED) is 0.478. The number of nitrogens with one attached hydrogen (secondary N) is 1. The van der Waals surface area contributed by atoms with E-state index in [0.29, 0.717) is 11.2 Å². The maximum absolute atomic E-state index is 12.6. The van der Waals surface area contributed by atoms with E-state index in [1.165, 1.54) is 11.8 Å². The number of aromatic amines is 1. The van der Waals surface area contributed by atoms with Gasteiger partial charge in [-0.3, -0.25) is 4.79 Å². The van der Waals surface area contributed by atoms with Gasteiger partial charge in [-0.2, -0.15) is 0 Å². The summed E-state index contributed by atoms with van der Waals surface area (Å²) in [6.45, 7) is 10.7. The van der Waals surface area contributed by atoms with Crippen LogP contribution in [0.2, 0.25) is 0 Å². The Morgan fingerprint density at radius 2 is 2.11 bits per heavy atom. The highest BCUT2D eigenvalue weighted by molar-refractivity contribution is 7.99. The molecule has 0 aliphatic heterocycles. The fourth-order valence-electron chi connectivity index (χ4n) is 3.15. The van der Waals surface area contributed by atoms with Crippen LogP contribution in [0.1, 0.15) is 41.1 Å². The van der Waals surface area contributed by atoms with Gasteiger partial charge < -0.3 is 14.0 Å². The molecule has 0 aliphatic rings. The van der Waals surface area contributed by atoms with Gasteiger partial charge >= 0.3 is 0 Å². The van der Waals surface area contributed by atoms with Crippen LogP contribution in [0.5, 0.6) is 0 Å². The number of fused-ring (bicyclic) bond motifs is 1. The Balaban J connectivity index is 1.68. The first-order valence-corrected chi connectivity index (χ1v) is 10.7. The molecule has 4 aromatic heterocycles. The summed E-state index contributed by atoms with van der Waals surface area (Å²) in [6.07, 6.45) is 1.66. The summed E-state index contributed by atoms with van der Waals surface area (Å²) in [4.78, 5) is 22.1. The molecule has 0 saturated heterocycles. The van der Waals surface area contributed by atoms with Crippen molar-refractivity contribution >= 4 is 33.3 Å². The highest BCUT2D eigenvalue weighted by Crippen LogP contribution is 2.35.